The monoisotopic (exact) mass is 368 g/mol. The number of imidazole rings is 1. The molecule has 2 aliphatic rings. The van der Waals surface area contributed by atoms with Gasteiger partial charge in [-0.2, -0.15) is 4.57 Å². The number of benzene rings is 1. The zero-order valence-electron chi connectivity index (χ0n) is 16.1. The molecule has 4 rings (SSSR count). The van der Waals surface area contributed by atoms with Crippen molar-refractivity contribution in [3.63, 3.8) is 0 Å². The first kappa shape index (κ1) is 17.3. The second kappa shape index (κ2) is 5.94. The number of nitrogens with zero attached hydrogens (tertiary/aromatic N) is 5. The largest absolute Gasteiger partial charge is 0.497 e. The maximum Gasteiger partial charge on any atom is 0.407 e. The Labute approximate surface area is 157 Å². The van der Waals surface area contributed by atoms with Crippen LogP contribution in [0.25, 0.3) is 5.69 Å². The van der Waals surface area contributed by atoms with E-state index in [1.54, 1.807) is 21.1 Å². The number of hydrogen-bond acceptors (Lipinski definition) is 4. The standard InChI is InChI=1S/C19H22N5O3/c1-6-22-17(25)15-16(21(4)19(22)26)20-18-23(11(2)12(3)24(15)18)13-8-7-9-14(10-13)27-5/h7-10,15H,6H2,1-5H3/q+1. The Balaban J connectivity index is 1.94. The van der Waals surface area contributed by atoms with E-state index in [9.17, 15) is 9.59 Å². The van der Waals surface area contributed by atoms with Gasteiger partial charge in [0.1, 0.15) is 22.8 Å². The normalized spacial score (nSPS) is 18.6. The summed E-state index contributed by atoms with van der Waals surface area (Å²) in [7, 11) is 3.28. The third-order valence-electron chi connectivity index (χ3n) is 5.34. The van der Waals surface area contributed by atoms with E-state index in [1.807, 2.05) is 47.2 Å². The van der Waals surface area contributed by atoms with Gasteiger partial charge in [-0.05, 0) is 32.9 Å². The molecule has 0 radical (unpaired) electrons. The van der Waals surface area contributed by atoms with E-state index in [1.165, 1.54) is 9.80 Å². The summed E-state index contributed by atoms with van der Waals surface area (Å²) in [6.07, 6.45) is 0. The van der Waals surface area contributed by atoms with Gasteiger partial charge < -0.3 is 4.74 Å². The smallest absolute Gasteiger partial charge is 0.407 e. The predicted octanol–water partition coefficient (Wildman–Crippen LogP) is 1.89. The third-order valence-corrected chi connectivity index (χ3v) is 5.34. The Hall–Kier alpha value is -3.16. The molecule has 3 heterocycles. The fourth-order valence-corrected chi connectivity index (χ4v) is 3.79. The van der Waals surface area contributed by atoms with E-state index in [4.69, 9.17) is 9.73 Å². The number of hydrogen-bond donors (Lipinski definition) is 0. The maximum absolute atomic E-state index is 13.0. The summed E-state index contributed by atoms with van der Waals surface area (Å²) < 4.78 is 9.25. The van der Waals surface area contributed by atoms with Crippen LogP contribution >= 0.6 is 0 Å². The summed E-state index contributed by atoms with van der Waals surface area (Å²) in [6, 6.07) is 6.72. The number of aromatic nitrogens is 2. The molecule has 27 heavy (non-hydrogen) atoms. The summed E-state index contributed by atoms with van der Waals surface area (Å²) in [5.41, 5.74) is 2.81. The van der Waals surface area contributed by atoms with Crippen molar-refractivity contribution in [3.8, 4) is 11.4 Å². The third kappa shape index (κ3) is 2.22. The molecule has 1 atom stereocenters. The number of amides is 3. The van der Waals surface area contributed by atoms with E-state index in [0.29, 0.717) is 18.3 Å². The lowest BCUT2D eigenvalue weighted by molar-refractivity contribution is -0.682. The molecule has 1 saturated heterocycles. The number of urea groups is 1. The predicted molar refractivity (Wildman–Crippen MR) is 98.7 cm³/mol. The molecular formula is C19H22N5O3+. The molecule has 1 unspecified atom stereocenters. The van der Waals surface area contributed by atoms with Crippen molar-refractivity contribution in [1.29, 1.82) is 0 Å². The molecular weight excluding hydrogens is 346 g/mol. The quantitative estimate of drug-likeness (QED) is 0.777. The van der Waals surface area contributed by atoms with Crippen LogP contribution in [-0.2, 0) is 4.79 Å². The number of carbonyl (C=O) groups excluding carboxylic acids is 2. The van der Waals surface area contributed by atoms with Gasteiger partial charge in [-0.25, -0.2) is 9.36 Å². The summed E-state index contributed by atoms with van der Waals surface area (Å²) in [5, 5.41) is 0. The van der Waals surface area contributed by atoms with Crippen LogP contribution in [0.1, 0.15) is 24.4 Å². The minimum absolute atomic E-state index is 0.242. The number of likely N-dealkylation sites (N-methyl/N-ethyl adjacent to an activating group) is 2. The lowest BCUT2D eigenvalue weighted by atomic mass is 10.1. The highest BCUT2D eigenvalue weighted by atomic mass is 16.5. The first-order chi connectivity index (χ1) is 12.9. The van der Waals surface area contributed by atoms with Gasteiger partial charge in [0.05, 0.1) is 7.11 Å². The molecule has 140 valence electrons. The Morgan fingerprint density at radius 2 is 2.00 bits per heavy atom. The van der Waals surface area contributed by atoms with Gasteiger partial charge in [0.2, 0.25) is 11.9 Å². The lowest BCUT2D eigenvalue weighted by Gasteiger charge is -2.32. The molecule has 1 aromatic heterocycles. The molecule has 0 saturated carbocycles. The Kier molecular flexibility index (Phi) is 3.80. The number of carbonyl (C=O) groups is 2. The van der Waals surface area contributed by atoms with Gasteiger partial charge in [-0.3, -0.25) is 14.6 Å². The van der Waals surface area contributed by atoms with Crippen molar-refractivity contribution in [1.82, 2.24) is 14.4 Å². The zero-order valence-corrected chi connectivity index (χ0v) is 16.1. The van der Waals surface area contributed by atoms with Crippen LogP contribution in [0.3, 0.4) is 0 Å². The second-order valence-electron chi connectivity index (χ2n) is 6.67. The Bertz CT molecular complexity index is 1010. The molecule has 2 aliphatic heterocycles. The first-order valence-electron chi connectivity index (χ1n) is 8.86. The van der Waals surface area contributed by atoms with Crippen LogP contribution in [0.4, 0.5) is 10.7 Å². The van der Waals surface area contributed by atoms with Crippen molar-refractivity contribution in [2.24, 2.45) is 4.99 Å². The van der Waals surface area contributed by atoms with E-state index in [-0.39, 0.29) is 11.9 Å². The molecule has 1 aromatic carbocycles. The topological polar surface area (TPSA) is 71.0 Å². The molecule has 0 aliphatic carbocycles. The summed E-state index contributed by atoms with van der Waals surface area (Å²) in [6.45, 7) is 6.09. The average molecular weight is 368 g/mol. The van der Waals surface area contributed by atoms with Crippen LogP contribution in [0.5, 0.6) is 5.75 Å². The Morgan fingerprint density at radius 3 is 2.67 bits per heavy atom. The number of imide groups is 1. The van der Waals surface area contributed by atoms with Gasteiger partial charge in [0.25, 0.3) is 5.91 Å². The van der Waals surface area contributed by atoms with Crippen LogP contribution < -0.4 is 9.30 Å². The highest BCUT2D eigenvalue weighted by Gasteiger charge is 2.53. The molecule has 8 nitrogen and oxygen atoms in total. The number of rotatable bonds is 3. The summed E-state index contributed by atoms with van der Waals surface area (Å²) >= 11 is 0. The maximum atomic E-state index is 13.0. The molecule has 0 N–H and O–H groups in total. The van der Waals surface area contributed by atoms with Crippen LogP contribution in [-0.4, -0.2) is 52.8 Å². The van der Waals surface area contributed by atoms with Crippen molar-refractivity contribution in [2.75, 3.05) is 20.7 Å². The van der Waals surface area contributed by atoms with E-state index in [0.717, 1.165) is 22.8 Å². The molecule has 0 spiro atoms. The highest BCUT2D eigenvalue weighted by Crippen LogP contribution is 2.33. The number of aliphatic imine (C=N–C) groups is 1. The van der Waals surface area contributed by atoms with E-state index >= 15 is 0 Å². The fourth-order valence-electron chi connectivity index (χ4n) is 3.79. The SMILES string of the molecule is CCN1C(=O)C2C(=Nc3n(-c4cccc(OC)c4)c(C)c(C)[n+]32)N(C)C1=O. The van der Waals surface area contributed by atoms with E-state index < -0.39 is 6.04 Å². The van der Waals surface area contributed by atoms with Crippen molar-refractivity contribution < 1.29 is 18.9 Å². The van der Waals surface area contributed by atoms with Crippen molar-refractivity contribution in [3.05, 3.63) is 35.7 Å². The fraction of sp³-hybridized carbons (Fsp3) is 0.368. The lowest BCUT2D eigenvalue weighted by Crippen LogP contribution is -2.63. The van der Waals surface area contributed by atoms with Gasteiger partial charge in [-0.1, -0.05) is 11.1 Å². The first-order valence-corrected chi connectivity index (χ1v) is 8.86. The van der Waals surface area contributed by atoms with Crippen LogP contribution in [0.2, 0.25) is 0 Å². The highest BCUT2D eigenvalue weighted by molar-refractivity contribution is 6.19. The molecule has 8 heteroatoms. The number of amidine groups is 1. The van der Waals surface area contributed by atoms with E-state index in [2.05, 4.69) is 0 Å². The average Bonchev–Trinajstić information content (AvgIpc) is 3.16. The Morgan fingerprint density at radius 1 is 1.26 bits per heavy atom. The minimum Gasteiger partial charge on any atom is -0.497 e. The summed E-state index contributed by atoms with van der Waals surface area (Å²) in [5.74, 6) is 1.59. The summed E-state index contributed by atoms with van der Waals surface area (Å²) in [4.78, 5) is 32.9. The van der Waals surface area contributed by atoms with Gasteiger partial charge in [-0.15, -0.1) is 0 Å². The van der Waals surface area contributed by atoms with Crippen LogP contribution in [0, 0.1) is 13.8 Å². The number of methoxy groups -OCH3 is 1. The number of ether oxygens (including phenoxy) is 1. The number of fused-ring (bicyclic) bond motifs is 3. The van der Waals surface area contributed by atoms with Gasteiger partial charge >= 0.3 is 12.0 Å². The molecule has 2 aromatic rings. The van der Waals surface area contributed by atoms with Crippen LogP contribution in [0.15, 0.2) is 29.3 Å². The minimum atomic E-state index is -0.617. The zero-order chi connectivity index (χ0) is 19.5. The molecule has 0 bridgehead atoms. The molecule has 3 amide bonds. The molecule has 1 fully saturated rings. The van der Waals surface area contributed by atoms with Gasteiger partial charge in [0, 0.05) is 19.7 Å². The van der Waals surface area contributed by atoms with Gasteiger partial charge in [0.15, 0.2) is 0 Å². The van der Waals surface area contributed by atoms with Crippen molar-refractivity contribution in [2.45, 2.75) is 26.8 Å². The second-order valence-corrected chi connectivity index (χ2v) is 6.67. The van der Waals surface area contributed by atoms with Crippen molar-refractivity contribution >= 4 is 23.7 Å².